The molecule has 0 radical (unpaired) electrons. The largest absolute Gasteiger partial charge is 1.00 e. The van der Waals surface area contributed by atoms with E-state index in [0.717, 1.165) is 17.8 Å². The summed E-state index contributed by atoms with van der Waals surface area (Å²) in [5.74, 6) is 0.382. The van der Waals surface area contributed by atoms with Crippen molar-refractivity contribution >= 4 is 5.97 Å². The minimum Gasteiger partial charge on any atom is -1.00 e. The number of ether oxygens (including phenoxy) is 2. The molecule has 6 heteroatoms. The molecule has 2 aromatic rings. The van der Waals surface area contributed by atoms with Gasteiger partial charge in [0.15, 0.2) is 5.54 Å². The zero-order chi connectivity index (χ0) is 16.1. The van der Waals surface area contributed by atoms with Crippen LogP contribution in [0.5, 0.6) is 5.75 Å². The number of carbonyl (C=O) groups excluding carboxylic acids is 1. The summed E-state index contributed by atoms with van der Waals surface area (Å²) in [6, 6.07) is 13.4. The van der Waals surface area contributed by atoms with Gasteiger partial charge < -0.3 is 10.9 Å². The number of rotatable bonds is 6. The number of nitrogens with one attached hydrogen (secondary N) is 1. The molecule has 1 aromatic carbocycles. The number of carbonyl (C=O) groups is 1. The topological polar surface area (TPSA) is 60.5 Å². The summed E-state index contributed by atoms with van der Waals surface area (Å²) in [7, 11) is 0. The van der Waals surface area contributed by atoms with E-state index in [9.17, 15) is 4.79 Å². The number of esters is 1. The molecular formula is C18H21N2NaO3. The molecule has 1 aliphatic heterocycles. The molecule has 0 aliphatic carbocycles. The van der Waals surface area contributed by atoms with E-state index in [1.807, 2.05) is 49.4 Å². The van der Waals surface area contributed by atoms with Crippen molar-refractivity contribution < 1.29 is 45.3 Å². The Hall–Kier alpha value is -1.40. The van der Waals surface area contributed by atoms with E-state index in [1.54, 1.807) is 6.20 Å². The summed E-state index contributed by atoms with van der Waals surface area (Å²) in [6.07, 6.45) is 2.37. The first-order valence-corrected chi connectivity index (χ1v) is 7.70. The molecule has 2 heterocycles. The Labute approximate surface area is 165 Å². The van der Waals surface area contributed by atoms with Crippen molar-refractivity contribution in [2.75, 3.05) is 13.2 Å². The van der Waals surface area contributed by atoms with E-state index in [-0.39, 0.29) is 50.2 Å². The predicted molar refractivity (Wildman–Crippen MR) is 87.2 cm³/mol. The summed E-state index contributed by atoms with van der Waals surface area (Å²) in [5, 5.41) is 3.16. The number of pyridine rings is 1. The number of aromatic nitrogens is 1. The van der Waals surface area contributed by atoms with Crippen LogP contribution >= 0.6 is 0 Å². The molecule has 1 atom stereocenters. The fraction of sp³-hybridized carbons (Fsp3) is 0.333. The van der Waals surface area contributed by atoms with Crippen molar-refractivity contribution in [2.45, 2.75) is 25.5 Å². The number of benzene rings is 1. The Morgan fingerprint density at radius 3 is 2.62 bits per heavy atom. The molecule has 24 heavy (non-hydrogen) atoms. The standard InChI is InChI=1S/C18H20N2O3.Na.H/c1-14-7-8-16(11-19-14)23-13-18(9-10-20-18)17(21)22-12-15-5-3-2-4-6-15;;/h2-8,11,20H,9-10,12-13H2,1H3;;/q;+1;-1/t18-;;/m1../s1. The molecule has 1 N–H and O–H groups in total. The second-order valence-corrected chi connectivity index (χ2v) is 5.74. The van der Waals surface area contributed by atoms with Crippen LogP contribution in [-0.4, -0.2) is 29.6 Å². The van der Waals surface area contributed by atoms with Gasteiger partial charge >= 0.3 is 35.5 Å². The molecule has 1 saturated heterocycles. The molecule has 0 amide bonds. The average molecular weight is 336 g/mol. The van der Waals surface area contributed by atoms with Crippen LogP contribution in [0.4, 0.5) is 0 Å². The smallest absolute Gasteiger partial charge is 1.00 e. The van der Waals surface area contributed by atoms with Crippen molar-refractivity contribution in [3.63, 3.8) is 0 Å². The zero-order valence-electron chi connectivity index (χ0n) is 15.1. The van der Waals surface area contributed by atoms with Crippen molar-refractivity contribution in [1.82, 2.24) is 10.3 Å². The Bertz CT molecular complexity index is 664. The average Bonchev–Trinajstić information content (AvgIpc) is 2.54. The second kappa shape index (κ2) is 8.62. The van der Waals surface area contributed by atoms with E-state index in [4.69, 9.17) is 9.47 Å². The number of hydrogen-bond donors (Lipinski definition) is 1. The van der Waals surface area contributed by atoms with Gasteiger partial charge in [0.05, 0.1) is 6.20 Å². The molecule has 5 nitrogen and oxygen atoms in total. The maximum absolute atomic E-state index is 12.4. The number of hydrogen-bond acceptors (Lipinski definition) is 5. The Kier molecular flexibility index (Phi) is 6.80. The maximum Gasteiger partial charge on any atom is 1.00 e. The van der Waals surface area contributed by atoms with Gasteiger partial charge in [0.2, 0.25) is 0 Å². The Balaban J connectivity index is 0.00000156. The van der Waals surface area contributed by atoms with Crippen LogP contribution in [0.1, 0.15) is 19.1 Å². The number of aryl methyl sites for hydroxylation is 1. The van der Waals surface area contributed by atoms with Crippen molar-refractivity contribution in [2.24, 2.45) is 0 Å². The van der Waals surface area contributed by atoms with E-state index in [2.05, 4.69) is 10.3 Å². The minimum atomic E-state index is -0.750. The maximum atomic E-state index is 12.4. The molecule has 0 spiro atoms. The van der Waals surface area contributed by atoms with Crippen LogP contribution in [0, 0.1) is 6.92 Å². The molecule has 1 fully saturated rings. The SMILES string of the molecule is Cc1ccc(OC[C@@]2(C(=O)OCc3ccccc3)CCN2)cn1.[H-].[Na+]. The van der Waals surface area contributed by atoms with Gasteiger partial charge in [0, 0.05) is 5.69 Å². The summed E-state index contributed by atoms with van der Waals surface area (Å²) >= 11 is 0. The van der Waals surface area contributed by atoms with E-state index < -0.39 is 5.54 Å². The van der Waals surface area contributed by atoms with Crippen LogP contribution in [0.3, 0.4) is 0 Å². The normalized spacial score (nSPS) is 18.9. The van der Waals surface area contributed by atoms with Crippen LogP contribution in [-0.2, 0) is 16.1 Å². The second-order valence-electron chi connectivity index (χ2n) is 5.74. The third-order valence-corrected chi connectivity index (χ3v) is 3.99. The van der Waals surface area contributed by atoms with Gasteiger partial charge in [-0.05, 0) is 37.6 Å². The van der Waals surface area contributed by atoms with Gasteiger partial charge in [-0.15, -0.1) is 0 Å². The molecule has 0 saturated carbocycles. The first-order valence-electron chi connectivity index (χ1n) is 7.70. The van der Waals surface area contributed by atoms with E-state index in [1.165, 1.54) is 0 Å². The van der Waals surface area contributed by atoms with E-state index in [0.29, 0.717) is 12.2 Å². The fourth-order valence-corrected chi connectivity index (χ4v) is 2.39. The Morgan fingerprint density at radius 1 is 1.29 bits per heavy atom. The summed E-state index contributed by atoms with van der Waals surface area (Å²) in [5.41, 5.74) is 1.15. The van der Waals surface area contributed by atoms with Gasteiger partial charge in [0.1, 0.15) is 19.0 Å². The first-order chi connectivity index (χ1) is 11.2. The van der Waals surface area contributed by atoms with Crippen LogP contribution in [0.15, 0.2) is 48.7 Å². The third-order valence-electron chi connectivity index (χ3n) is 3.99. The quantitative estimate of drug-likeness (QED) is 0.562. The summed E-state index contributed by atoms with van der Waals surface area (Å²) in [4.78, 5) is 16.6. The molecule has 1 aromatic heterocycles. The van der Waals surface area contributed by atoms with E-state index >= 15 is 0 Å². The van der Waals surface area contributed by atoms with Gasteiger partial charge in [-0.3, -0.25) is 10.3 Å². The van der Waals surface area contributed by atoms with Gasteiger partial charge in [-0.25, -0.2) is 4.79 Å². The van der Waals surface area contributed by atoms with Crippen LogP contribution in [0.2, 0.25) is 0 Å². The summed E-state index contributed by atoms with van der Waals surface area (Å²) < 4.78 is 11.2. The minimum absolute atomic E-state index is 0. The molecule has 1 aliphatic rings. The summed E-state index contributed by atoms with van der Waals surface area (Å²) in [6.45, 7) is 3.22. The van der Waals surface area contributed by atoms with Gasteiger partial charge in [-0.1, -0.05) is 30.3 Å². The number of nitrogens with zero attached hydrogens (tertiary/aromatic N) is 1. The van der Waals surface area contributed by atoms with Crippen molar-refractivity contribution in [3.05, 3.63) is 59.9 Å². The van der Waals surface area contributed by atoms with Gasteiger partial charge in [0.25, 0.3) is 0 Å². The zero-order valence-corrected chi connectivity index (χ0v) is 16.1. The van der Waals surface area contributed by atoms with Crippen LogP contribution < -0.4 is 39.6 Å². The van der Waals surface area contributed by atoms with Gasteiger partial charge in [-0.2, -0.15) is 0 Å². The predicted octanol–water partition coefficient (Wildman–Crippen LogP) is -0.639. The first kappa shape index (κ1) is 18.9. The molecule has 0 unspecified atom stereocenters. The Morgan fingerprint density at radius 2 is 2.04 bits per heavy atom. The molecular weight excluding hydrogens is 315 g/mol. The third kappa shape index (κ3) is 4.57. The monoisotopic (exact) mass is 336 g/mol. The molecule has 122 valence electrons. The van der Waals surface area contributed by atoms with Crippen LogP contribution in [0.25, 0.3) is 0 Å². The fourth-order valence-electron chi connectivity index (χ4n) is 2.39. The molecule has 3 rings (SSSR count). The van der Waals surface area contributed by atoms with Crippen molar-refractivity contribution in [1.29, 1.82) is 0 Å². The molecule has 0 bridgehead atoms. The van der Waals surface area contributed by atoms with Crippen molar-refractivity contribution in [3.8, 4) is 5.75 Å².